The van der Waals surface area contributed by atoms with Crippen molar-refractivity contribution in [2.45, 2.75) is 25.7 Å². The molecule has 2 aromatic rings. The molecule has 0 spiro atoms. The third kappa shape index (κ3) is 2.37. The maximum atomic E-state index is 12.2. The Bertz CT molecular complexity index is 773. The van der Waals surface area contributed by atoms with E-state index in [2.05, 4.69) is 14.7 Å². The van der Waals surface area contributed by atoms with Gasteiger partial charge in [0.1, 0.15) is 22.0 Å². The van der Waals surface area contributed by atoms with Crippen LogP contribution in [-0.4, -0.2) is 29.6 Å². The SMILES string of the molecule is Cc1noc(NS(=O)(=O)c2c(C)oc(C)c2C(=O)O)n1. The molecule has 0 amide bonds. The number of furan rings is 1. The first-order valence-electron chi connectivity index (χ1n) is 5.39. The second-order valence-corrected chi connectivity index (χ2v) is 5.60. The van der Waals surface area contributed by atoms with Crippen molar-refractivity contribution < 1.29 is 27.3 Å². The van der Waals surface area contributed by atoms with Crippen LogP contribution in [0.5, 0.6) is 0 Å². The number of hydrogen-bond donors (Lipinski definition) is 2. The summed E-state index contributed by atoms with van der Waals surface area (Å²) in [6.45, 7) is 4.23. The van der Waals surface area contributed by atoms with Crippen LogP contribution < -0.4 is 4.72 Å². The lowest BCUT2D eigenvalue weighted by atomic mass is 10.2. The van der Waals surface area contributed by atoms with Crippen LogP contribution in [0.2, 0.25) is 0 Å². The fourth-order valence-electron chi connectivity index (χ4n) is 1.74. The van der Waals surface area contributed by atoms with Crippen molar-refractivity contribution in [3.05, 3.63) is 22.9 Å². The minimum absolute atomic E-state index is 0.00270. The molecule has 20 heavy (non-hydrogen) atoms. The third-order valence-corrected chi connectivity index (χ3v) is 3.91. The van der Waals surface area contributed by atoms with Gasteiger partial charge in [0.15, 0.2) is 5.82 Å². The van der Waals surface area contributed by atoms with E-state index in [-0.39, 0.29) is 23.4 Å². The summed E-state index contributed by atoms with van der Waals surface area (Å²) in [5, 5.41) is 12.5. The molecule has 0 saturated heterocycles. The molecule has 0 aliphatic heterocycles. The normalized spacial score (nSPS) is 11.6. The lowest BCUT2D eigenvalue weighted by Crippen LogP contribution is -2.17. The van der Waals surface area contributed by atoms with E-state index in [1.54, 1.807) is 0 Å². The van der Waals surface area contributed by atoms with E-state index >= 15 is 0 Å². The van der Waals surface area contributed by atoms with Gasteiger partial charge in [-0.15, -0.1) is 0 Å². The molecule has 2 aromatic heterocycles. The van der Waals surface area contributed by atoms with E-state index in [1.807, 2.05) is 4.72 Å². The Morgan fingerprint density at radius 1 is 1.25 bits per heavy atom. The standard InChI is InChI=1S/C10H11N3O6S/c1-4-7(9(14)15)8(5(2)18-4)20(16,17)13-10-11-6(3)12-19-10/h1-3H3,(H,14,15)(H,11,12,13). The Kier molecular flexibility index (Phi) is 3.26. The highest BCUT2D eigenvalue weighted by Crippen LogP contribution is 2.28. The number of carboxylic acids is 1. The Labute approximate surface area is 113 Å². The van der Waals surface area contributed by atoms with Gasteiger partial charge in [0, 0.05) is 0 Å². The highest BCUT2D eigenvalue weighted by Gasteiger charge is 2.31. The Hall–Kier alpha value is -2.36. The van der Waals surface area contributed by atoms with Gasteiger partial charge >= 0.3 is 12.0 Å². The second kappa shape index (κ2) is 4.63. The minimum Gasteiger partial charge on any atom is -0.478 e. The monoisotopic (exact) mass is 301 g/mol. The van der Waals surface area contributed by atoms with Gasteiger partial charge < -0.3 is 14.0 Å². The molecule has 0 radical (unpaired) electrons. The van der Waals surface area contributed by atoms with Gasteiger partial charge in [-0.2, -0.15) is 4.98 Å². The van der Waals surface area contributed by atoms with Crippen LogP contribution in [0.3, 0.4) is 0 Å². The molecule has 9 nitrogen and oxygen atoms in total. The third-order valence-electron chi connectivity index (χ3n) is 2.44. The molecule has 0 atom stereocenters. The number of nitrogens with one attached hydrogen (secondary N) is 1. The van der Waals surface area contributed by atoms with Gasteiger partial charge in [0.2, 0.25) is 0 Å². The second-order valence-electron chi connectivity index (χ2n) is 3.98. The first-order valence-corrected chi connectivity index (χ1v) is 6.87. The molecule has 0 unspecified atom stereocenters. The number of anilines is 1. The highest BCUT2D eigenvalue weighted by atomic mass is 32.2. The molecular weight excluding hydrogens is 290 g/mol. The van der Waals surface area contributed by atoms with Gasteiger partial charge in [0.25, 0.3) is 10.0 Å². The fraction of sp³-hybridized carbons (Fsp3) is 0.300. The average Bonchev–Trinajstić information content (AvgIpc) is 2.81. The predicted octanol–water partition coefficient (Wildman–Crippen LogP) is 1.09. The number of aryl methyl sites for hydroxylation is 3. The van der Waals surface area contributed by atoms with Crippen molar-refractivity contribution >= 4 is 22.0 Å². The lowest BCUT2D eigenvalue weighted by Gasteiger charge is -2.03. The number of carbonyl (C=O) groups is 1. The van der Waals surface area contributed by atoms with E-state index in [0.29, 0.717) is 0 Å². The van der Waals surface area contributed by atoms with Crippen LogP contribution in [0.1, 0.15) is 27.7 Å². The first-order chi connectivity index (χ1) is 9.22. The minimum atomic E-state index is -4.21. The van der Waals surface area contributed by atoms with Gasteiger partial charge in [-0.05, 0) is 20.8 Å². The van der Waals surface area contributed by atoms with Crippen molar-refractivity contribution in [2.24, 2.45) is 0 Å². The molecule has 0 fully saturated rings. The Morgan fingerprint density at radius 3 is 2.40 bits per heavy atom. The maximum absolute atomic E-state index is 12.2. The average molecular weight is 301 g/mol. The highest BCUT2D eigenvalue weighted by molar-refractivity contribution is 7.92. The largest absolute Gasteiger partial charge is 0.478 e. The first kappa shape index (κ1) is 14.1. The van der Waals surface area contributed by atoms with Crippen LogP contribution in [0, 0.1) is 20.8 Å². The summed E-state index contributed by atoms with van der Waals surface area (Å²) >= 11 is 0. The maximum Gasteiger partial charge on any atom is 0.340 e. The van der Waals surface area contributed by atoms with Crippen LogP contribution >= 0.6 is 0 Å². The van der Waals surface area contributed by atoms with Crippen LogP contribution in [0.15, 0.2) is 13.8 Å². The van der Waals surface area contributed by atoms with E-state index in [1.165, 1.54) is 20.8 Å². The van der Waals surface area contributed by atoms with Gasteiger partial charge in [-0.3, -0.25) is 0 Å². The van der Waals surface area contributed by atoms with E-state index in [0.717, 1.165) is 0 Å². The van der Waals surface area contributed by atoms with Crippen LogP contribution in [-0.2, 0) is 10.0 Å². The van der Waals surface area contributed by atoms with Crippen LogP contribution in [0.25, 0.3) is 0 Å². The molecular formula is C10H11N3O6S. The number of hydrogen-bond acceptors (Lipinski definition) is 7. The summed E-state index contributed by atoms with van der Waals surface area (Å²) in [7, 11) is -4.21. The molecule has 2 heterocycles. The molecule has 0 aliphatic rings. The van der Waals surface area contributed by atoms with E-state index < -0.39 is 26.5 Å². The van der Waals surface area contributed by atoms with Gasteiger partial charge in [-0.1, -0.05) is 5.16 Å². The zero-order valence-electron chi connectivity index (χ0n) is 10.8. The summed E-state index contributed by atoms with van der Waals surface area (Å²) in [5.74, 6) is -1.21. The predicted molar refractivity (Wildman–Crippen MR) is 65.0 cm³/mol. The zero-order chi connectivity index (χ0) is 15.1. The molecule has 108 valence electrons. The number of aromatic nitrogens is 2. The quantitative estimate of drug-likeness (QED) is 0.856. The lowest BCUT2D eigenvalue weighted by molar-refractivity contribution is 0.0691. The molecule has 0 aromatic carbocycles. The van der Waals surface area contributed by atoms with E-state index in [4.69, 9.17) is 9.52 Å². The number of aromatic carboxylic acids is 1. The van der Waals surface area contributed by atoms with Crippen LogP contribution in [0.4, 0.5) is 6.01 Å². The topological polar surface area (TPSA) is 136 Å². The zero-order valence-corrected chi connectivity index (χ0v) is 11.6. The Balaban J connectivity index is 2.52. The Morgan fingerprint density at radius 2 is 1.90 bits per heavy atom. The molecule has 2 N–H and O–H groups in total. The number of nitrogens with zero attached hydrogens (tertiary/aromatic N) is 2. The molecule has 0 saturated carbocycles. The smallest absolute Gasteiger partial charge is 0.340 e. The van der Waals surface area contributed by atoms with E-state index in [9.17, 15) is 13.2 Å². The summed E-state index contributed by atoms with van der Waals surface area (Å²) in [6.07, 6.45) is 0. The van der Waals surface area contributed by atoms with Crippen molar-refractivity contribution in [3.8, 4) is 0 Å². The summed E-state index contributed by atoms with van der Waals surface area (Å²) in [6, 6.07) is -0.350. The molecule has 10 heteroatoms. The van der Waals surface area contributed by atoms with Crippen molar-refractivity contribution in [3.63, 3.8) is 0 Å². The summed E-state index contributed by atoms with van der Waals surface area (Å²) < 4.78 is 36.1. The van der Waals surface area contributed by atoms with Crippen molar-refractivity contribution in [2.75, 3.05) is 4.72 Å². The van der Waals surface area contributed by atoms with Crippen molar-refractivity contribution in [1.82, 2.24) is 10.1 Å². The number of carboxylic acid groups (broad SMARTS) is 1. The van der Waals surface area contributed by atoms with Crippen molar-refractivity contribution in [1.29, 1.82) is 0 Å². The van der Waals surface area contributed by atoms with Gasteiger partial charge in [0.05, 0.1) is 0 Å². The molecule has 0 bridgehead atoms. The summed E-state index contributed by atoms with van der Waals surface area (Å²) in [4.78, 5) is 14.4. The number of rotatable bonds is 4. The molecule has 0 aliphatic carbocycles. The molecule has 2 rings (SSSR count). The number of sulfonamides is 1. The van der Waals surface area contributed by atoms with Gasteiger partial charge in [-0.25, -0.2) is 17.9 Å². The fourth-order valence-corrected chi connectivity index (χ4v) is 3.07. The summed E-state index contributed by atoms with van der Waals surface area (Å²) in [5.41, 5.74) is -0.425.